The minimum Gasteiger partial charge on any atom is -0.504 e. The predicted octanol–water partition coefficient (Wildman–Crippen LogP) is 1.29. The van der Waals surface area contributed by atoms with Crippen molar-refractivity contribution < 1.29 is 14.9 Å². The second kappa shape index (κ2) is 7.64. The molecule has 1 saturated heterocycles. The van der Waals surface area contributed by atoms with Crippen molar-refractivity contribution in [3.8, 4) is 11.5 Å². The number of aliphatic hydroxyl groups excluding tert-OH is 1. The summed E-state index contributed by atoms with van der Waals surface area (Å²) < 4.78 is 5.14. The molecular formula is C16H26N2O3. The fourth-order valence-electron chi connectivity index (χ4n) is 2.64. The molecule has 0 amide bonds. The van der Waals surface area contributed by atoms with Gasteiger partial charge in [0.25, 0.3) is 0 Å². The summed E-state index contributed by atoms with van der Waals surface area (Å²) in [6.07, 6.45) is 0.603. The van der Waals surface area contributed by atoms with E-state index in [4.69, 9.17) is 4.74 Å². The minimum absolute atomic E-state index is 0.180. The number of rotatable bonds is 6. The Labute approximate surface area is 126 Å². The molecule has 0 unspecified atom stereocenters. The molecule has 21 heavy (non-hydrogen) atoms. The molecule has 1 aromatic carbocycles. The van der Waals surface area contributed by atoms with Crippen molar-refractivity contribution in [2.75, 3.05) is 39.8 Å². The minimum atomic E-state index is -0.210. The van der Waals surface area contributed by atoms with Gasteiger partial charge in [0.15, 0.2) is 11.5 Å². The highest BCUT2D eigenvalue weighted by Crippen LogP contribution is 2.26. The number of benzene rings is 1. The van der Waals surface area contributed by atoms with Gasteiger partial charge in [-0.1, -0.05) is 13.0 Å². The average Bonchev–Trinajstić information content (AvgIpc) is 2.51. The number of methoxy groups -OCH3 is 1. The lowest BCUT2D eigenvalue weighted by Gasteiger charge is -2.35. The van der Waals surface area contributed by atoms with Crippen molar-refractivity contribution in [3.05, 3.63) is 23.8 Å². The molecule has 0 bridgehead atoms. The Bertz CT molecular complexity index is 445. The van der Waals surface area contributed by atoms with Crippen LogP contribution in [-0.4, -0.2) is 66.0 Å². The SMILES string of the molecule is CC[C@H](O)CN1CCN(Cc2ccc(O)c(OC)c2)CC1. The lowest BCUT2D eigenvalue weighted by Crippen LogP contribution is -2.48. The van der Waals surface area contributed by atoms with Crippen LogP contribution in [0.15, 0.2) is 18.2 Å². The summed E-state index contributed by atoms with van der Waals surface area (Å²) in [6.45, 7) is 7.63. The summed E-state index contributed by atoms with van der Waals surface area (Å²) in [5.74, 6) is 0.705. The number of phenolic OH excluding ortho intramolecular Hbond substituents is 1. The molecule has 0 saturated carbocycles. The zero-order chi connectivity index (χ0) is 15.2. The van der Waals surface area contributed by atoms with E-state index in [1.807, 2.05) is 19.1 Å². The van der Waals surface area contributed by atoms with Crippen LogP contribution >= 0.6 is 0 Å². The van der Waals surface area contributed by atoms with Crippen LogP contribution in [0, 0.1) is 0 Å². The van der Waals surface area contributed by atoms with Gasteiger partial charge in [0, 0.05) is 39.3 Å². The third-order valence-electron chi connectivity index (χ3n) is 4.06. The molecule has 5 heteroatoms. The predicted molar refractivity (Wildman–Crippen MR) is 82.7 cm³/mol. The molecule has 118 valence electrons. The first kappa shape index (κ1) is 16.1. The van der Waals surface area contributed by atoms with E-state index in [1.165, 1.54) is 0 Å². The van der Waals surface area contributed by atoms with E-state index in [0.29, 0.717) is 5.75 Å². The summed E-state index contributed by atoms with van der Waals surface area (Å²) in [4.78, 5) is 4.71. The second-order valence-corrected chi connectivity index (χ2v) is 5.65. The van der Waals surface area contributed by atoms with E-state index in [9.17, 15) is 10.2 Å². The van der Waals surface area contributed by atoms with Crippen molar-refractivity contribution >= 4 is 0 Å². The fourth-order valence-corrected chi connectivity index (χ4v) is 2.64. The molecular weight excluding hydrogens is 268 g/mol. The quantitative estimate of drug-likeness (QED) is 0.828. The normalized spacial score (nSPS) is 18.6. The summed E-state index contributed by atoms with van der Waals surface area (Å²) in [5, 5.41) is 19.3. The van der Waals surface area contributed by atoms with Gasteiger partial charge in [0.1, 0.15) is 0 Å². The summed E-state index contributed by atoms with van der Waals surface area (Å²) >= 11 is 0. The molecule has 1 heterocycles. The van der Waals surface area contributed by atoms with Gasteiger partial charge < -0.3 is 14.9 Å². The van der Waals surface area contributed by atoms with Gasteiger partial charge >= 0.3 is 0 Å². The number of phenols is 1. The van der Waals surface area contributed by atoms with Crippen LogP contribution < -0.4 is 4.74 Å². The third-order valence-corrected chi connectivity index (χ3v) is 4.06. The zero-order valence-electron chi connectivity index (χ0n) is 13.0. The maximum absolute atomic E-state index is 9.70. The maximum atomic E-state index is 9.70. The van der Waals surface area contributed by atoms with Crippen molar-refractivity contribution in [1.29, 1.82) is 0 Å². The Balaban J connectivity index is 1.83. The van der Waals surface area contributed by atoms with Crippen molar-refractivity contribution in [3.63, 3.8) is 0 Å². The fraction of sp³-hybridized carbons (Fsp3) is 0.625. The van der Waals surface area contributed by atoms with Crippen LogP contribution in [0.4, 0.5) is 0 Å². The molecule has 2 N–H and O–H groups in total. The van der Waals surface area contributed by atoms with Crippen LogP contribution in [0.25, 0.3) is 0 Å². The highest BCUT2D eigenvalue weighted by atomic mass is 16.5. The van der Waals surface area contributed by atoms with Crippen LogP contribution in [0.1, 0.15) is 18.9 Å². The Morgan fingerprint density at radius 2 is 1.86 bits per heavy atom. The van der Waals surface area contributed by atoms with Crippen molar-refractivity contribution in [1.82, 2.24) is 9.80 Å². The number of β-amino-alcohol motifs (C(OH)–C–C–N with tert-alkyl or cyclic N) is 1. The first-order valence-electron chi connectivity index (χ1n) is 7.61. The van der Waals surface area contributed by atoms with E-state index < -0.39 is 0 Å². The molecule has 1 aliphatic rings. The molecule has 1 aliphatic heterocycles. The van der Waals surface area contributed by atoms with Crippen LogP contribution in [-0.2, 0) is 6.54 Å². The number of nitrogens with zero attached hydrogens (tertiary/aromatic N) is 2. The van der Waals surface area contributed by atoms with Gasteiger partial charge in [-0.3, -0.25) is 9.80 Å². The standard InChI is InChI=1S/C16H26N2O3/c1-3-14(19)12-18-8-6-17(7-9-18)11-13-4-5-15(20)16(10-13)21-2/h4-5,10,14,19-20H,3,6-9,11-12H2,1-2H3/t14-/m0/s1. The topological polar surface area (TPSA) is 56.2 Å². The van der Waals surface area contributed by atoms with Crippen LogP contribution in [0.2, 0.25) is 0 Å². The highest BCUT2D eigenvalue weighted by molar-refractivity contribution is 5.41. The number of piperazine rings is 1. The number of aromatic hydroxyl groups is 1. The van der Waals surface area contributed by atoms with E-state index in [0.717, 1.165) is 51.3 Å². The van der Waals surface area contributed by atoms with E-state index >= 15 is 0 Å². The Kier molecular flexibility index (Phi) is 5.85. The van der Waals surface area contributed by atoms with Gasteiger partial charge in [0.2, 0.25) is 0 Å². The number of hydrogen-bond acceptors (Lipinski definition) is 5. The summed E-state index contributed by atoms with van der Waals surface area (Å²) in [6, 6.07) is 5.51. The van der Waals surface area contributed by atoms with Gasteiger partial charge in [0.05, 0.1) is 13.2 Å². The average molecular weight is 294 g/mol. The molecule has 0 radical (unpaired) electrons. The van der Waals surface area contributed by atoms with E-state index in [2.05, 4.69) is 9.80 Å². The van der Waals surface area contributed by atoms with Crippen molar-refractivity contribution in [2.45, 2.75) is 26.0 Å². The lowest BCUT2D eigenvalue weighted by molar-refractivity contribution is 0.0686. The Morgan fingerprint density at radius 1 is 1.19 bits per heavy atom. The monoisotopic (exact) mass is 294 g/mol. The van der Waals surface area contributed by atoms with Crippen LogP contribution in [0.3, 0.4) is 0 Å². The third kappa shape index (κ3) is 4.59. The number of hydrogen-bond donors (Lipinski definition) is 2. The molecule has 0 aliphatic carbocycles. The number of ether oxygens (including phenoxy) is 1. The largest absolute Gasteiger partial charge is 0.504 e. The Hall–Kier alpha value is -1.30. The van der Waals surface area contributed by atoms with Gasteiger partial charge in [-0.05, 0) is 24.1 Å². The molecule has 1 aromatic rings. The smallest absolute Gasteiger partial charge is 0.160 e. The molecule has 1 atom stereocenters. The van der Waals surface area contributed by atoms with Crippen LogP contribution in [0.5, 0.6) is 11.5 Å². The first-order chi connectivity index (χ1) is 10.1. The van der Waals surface area contributed by atoms with E-state index in [1.54, 1.807) is 13.2 Å². The highest BCUT2D eigenvalue weighted by Gasteiger charge is 2.19. The van der Waals surface area contributed by atoms with Gasteiger partial charge in [-0.2, -0.15) is 0 Å². The zero-order valence-corrected chi connectivity index (χ0v) is 13.0. The van der Waals surface area contributed by atoms with Gasteiger partial charge in [-0.15, -0.1) is 0 Å². The summed E-state index contributed by atoms with van der Waals surface area (Å²) in [7, 11) is 1.57. The molecule has 2 rings (SSSR count). The second-order valence-electron chi connectivity index (χ2n) is 5.65. The molecule has 5 nitrogen and oxygen atoms in total. The summed E-state index contributed by atoms with van der Waals surface area (Å²) in [5.41, 5.74) is 1.15. The van der Waals surface area contributed by atoms with Crippen molar-refractivity contribution in [2.24, 2.45) is 0 Å². The first-order valence-corrected chi connectivity index (χ1v) is 7.61. The molecule has 1 fully saturated rings. The van der Waals surface area contributed by atoms with Gasteiger partial charge in [-0.25, -0.2) is 0 Å². The maximum Gasteiger partial charge on any atom is 0.160 e. The Morgan fingerprint density at radius 3 is 2.48 bits per heavy atom. The number of aliphatic hydroxyl groups is 1. The lowest BCUT2D eigenvalue weighted by atomic mass is 10.1. The molecule has 0 aromatic heterocycles. The molecule has 0 spiro atoms. The van der Waals surface area contributed by atoms with E-state index in [-0.39, 0.29) is 11.9 Å².